The molecule has 0 saturated carbocycles. The zero-order valence-corrected chi connectivity index (χ0v) is 9.34. The predicted molar refractivity (Wildman–Crippen MR) is 56.6 cm³/mol. The van der Waals surface area contributed by atoms with Crippen LogP contribution in [-0.4, -0.2) is 26.1 Å². The second kappa shape index (κ2) is 4.50. The summed E-state index contributed by atoms with van der Waals surface area (Å²) in [5.74, 6) is -0.215. The van der Waals surface area contributed by atoms with Crippen LogP contribution >= 0.6 is 11.8 Å². The van der Waals surface area contributed by atoms with E-state index in [1.54, 1.807) is 23.5 Å². The summed E-state index contributed by atoms with van der Waals surface area (Å²) in [6.07, 6.45) is 1.40. The number of aromatic carboxylic acids is 1. The smallest absolute Gasteiger partial charge is 0.339 e. The fraction of sp³-hybridized carbons (Fsp3) is 0.556. The third-order valence-corrected chi connectivity index (χ3v) is 2.95. The Hall–Kier alpha value is -0.970. The highest BCUT2D eigenvalue weighted by atomic mass is 32.2. The van der Waals surface area contributed by atoms with Crippen LogP contribution in [0.5, 0.6) is 0 Å². The lowest BCUT2D eigenvalue weighted by Crippen LogP contribution is -2.04. The first-order chi connectivity index (χ1) is 6.52. The first kappa shape index (κ1) is 11.1. The van der Waals surface area contributed by atoms with Gasteiger partial charge in [0, 0.05) is 12.8 Å². The molecule has 1 rings (SSSR count). The summed E-state index contributed by atoms with van der Waals surface area (Å²) in [5.41, 5.74) is 1.08. The molecule has 0 amide bonds. The summed E-state index contributed by atoms with van der Waals surface area (Å²) in [7, 11) is 1.77. The number of aromatic nitrogens is 2. The Morgan fingerprint density at radius 2 is 2.36 bits per heavy atom. The molecule has 0 aliphatic heterocycles. The molecule has 1 aromatic rings. The Labute approximate surface area is 87.3 Å². The van der Waals surface area contributed by atoms with Crippen molar-refractivity contribution >= 4 is 17.7 Å². The van der Waals surface area contributed by atoms with E-state index in [0.29, 0.717) is 16.6 Å². The number of carbonyl (C=O) groups is 1. The van der Waals surface area contributed by atoms with Gasteiger partial charge in [0.05, 0.1) is 11.9 Å². The average Bonchev–Trinajstić information content (AvgIpc) is 2.43. The number of carboxylic acid groups (broad SMARTS) is 1. The van der Waals surface area contributed by atoms with Crippen molar-refractivity contribution in [2.45, 2.75) is 24.9 Å². The van der Waals surface area contributed by atoms with Crippen molar-refractivity contribution in [1.29, 1.82) is 0 Å². The van der Waals surface area contributed by atoms with Crippen molar-refractivity contribution in [3.8, 4) is 0 Å². The molecule has 0 aromatic carbocycles. The molecular formula is C9H14N2O2S. The number of hydrogen-bond acceptors (Lipinski definition) is 3. The van der Waals surface area contributed by atoms with Gasteiger partial charge in [-0.25, -0.2) is 4.79 Å². The lowest BCUT2D eigenvalue weighted by Gasteiger charge is -2.06. The monoisotopic (exact) mass is 214 g/mol. The molecule has 0 aliphatic rings. The molecule has 0 atom stereocenters. The molecule has 0 spiro atoms. The van der Waals surface area contributed by atoms with Crippen LogP contribution in [0.2, 0.25) is 0 Å². The second-order valence-electron chi connectivity index (χ2n) is 3.29. The summed E-state index contributed by atoms with van der Waals surface area (Å²) >= 11 is 1.71. The van der Waals surface area contributed by atoms with Gasteiger partial charge in [-0.05, 0) is 5.25 Å². The Morgan fingerprint density at radius 3 is 2.86 bits per heavy atom. The van der Waals surface area contributed by atoms with Crippen molar-refractivity contribution < 1.29 is 9.90 Å². The van der Waals surface area contributed by atoms with Gasteiger partial charge in [0.15, 0.2) is 0 Å². The van der Waals surface area contributed by atoms with E-state index in [9.17, 15) is 4.79 Å². The summed E-state index contributed by atoms with van der Waals surface area (Å²) in [5, 5.41) is 13.3. The number of rotatable bonds is 4. The molecular weight excluding hydrogens is 200 g/mol. The standard InChI is InChI=1S/C9H14N2O2S/c1-6(2)14-5-8-7(9(12)13)4-10-11(8)3/h4,6H,5H2,1-3H3,(H,12,13). The van der Waals surface area contributed by atoms with E-state index in [2.05, 4.69) is 18.9 Å². The Morgan fingerprint density at radius 1 is 1.71 bits per heavy atom. The maximum atomic E-state index is 10.8. The maximum absolute atomic E-state index is 10.8. The summed E-state index contributed by atoms with van der Waals surface area (Å²) in [4.78, 5) is 10.8. The number of hydrogen-bond donors (Lipinski definition) is 1. The van der Waals surface area contributed by atoms with E-state index < -0.39 is 5.97 Å². The van der Waals surface area contributed by atoms with Crippen LogP contribution in [0, 0.1) is 0 Å². The van der Waals surface area contributed by atoms with Gasteiger partial charge < -0.3 is 5.11 Å². The quantitative estimate of drug-likeness (QED) is 0.829. The molecule has 5 heteroatoms. The minimum atomic E-state index is -0.905. The molecule has 0 fully saturated rings. The SMILES string of the molecule is CC(C)SCc1c(C(=O)O)cnn1C. The first-order valence-corrected chi connectivity index (χ1v) is 5.43. The highest BCUT2D eigenvalue weighted by Crippen LogP contribution is 2.19. The number of nitrogens with zero attached hydrogens (tertiary/aromatic N) is 2. The molecule has 1 heterocycles. The maximum Gasteiger partial charge on any atom is 0.339 e. The largest absolute Gasteiger partial charge is 0.478 e. The zero-order chi connectivity index (χ0) is 10.7. The molecule has 14 heavy (non-hydrogen) atoms. The molecule has 0 bridgehead atoms. The van der Waals surface area contributed by atoms with Crippen molar-refractivity contribution in [3.63, 3.8) is 0 Å². The van der Waals surface area contributed by atoms with Crippen molar-refractivity contribution in [2.24, 2.45) is 7.05 Å². The van der Waals surface area contributed by atoms with Gasteiger partial charge in [-0.3, -0.25) is 4.68 Å². The summed E-state index contributed by atoms with van der Waals surface area (Å²) in [6, 6.07) is 0. The lowest BCUT2D eigenvalue weighted by atomic mass is 10.3. The fourth-order valence-corrected chi connectivity index (χ4v) is 1.89. The molecule has 78 valence electrons. The van der Waals surface area contributed by atoms with Crippen LogP contribution in [0.1, 0.15) is 29.9 Å². The molecule has 4 nitrogen and oxygen atoms in total. The van der Waals surface area contributed by atoms with E-state index in [1.807, 2.05) is 0 Å². The normalized spacial score (nSPS) is 10.9. The van der Waals surface area contributed by atoms with Crippen LogP contribution in [0.25, 0.3) is 0 Å². The Kier molecular flexibility index (Phi) is 3.57. The van der Waals surface area contributed by atoms with E-state index in [-0.39, 0.29) is 0 Å². The fourth-order valence-electron chi connectivity index (χ4n) is 1.06. The number of thioether (sulfide) groups is 1. The van der Waals surface area contributed by atoms with E-state index in [1.165, 1.54) is 6.20 Å². The third-order valence-electron chi connectivity index (χ3n) is 1.85. The molecule has 1 aromatic heterocycles. The van der Waals surface area contributed by atoms with Gasteiger partial charge in [0.2, 0.25) is 0 Å². The second-order valence-corrected chi connectivity index (χ2v) is 4.86. The molecule has 1 N–H and O–H groups in total. The minimum absolute atomic E-state index is 0.306. The van der Waals surface area contributed by atoms with Gasteiger partial charge in [0.1, 0.15) is 5.56 Å². The third kappa shape index (κ3) is 2.51. The van der Waals surface area contributed by atoms with Crippen molar-refractivity contribution in [3.05, 3.63) is 17.5 Å². The van der Waals surface area contributed by atoms with Crippen LogP contribution in [0.3, 0.4) is 0 Å². The van der Waals surface area contributed by atoms with Gasteiger partial charge in [0.25, 0.3) is 0 Å². The Balaban J connectivity index is 2.83. The van der Waals surface area contributed by atoms with Gasteiger partial charge in [-0.2, -0.15) is 16.9 Å². The van der Waals surface area contributed by atoms with Gasteiger partial charge >= 0.3 is 5.97 Å². The van der Waals surface area contributed by atoms with Gasteiger partial charge in [-0.15, -0.1) is 0 Å². The zero-order valence-electron chi connectivity index (χ0n) is 8.52. The predicted octanol–water partition coefficient (Wildman–Crippen LogP) is 1.76. The van der Waals surface area contributed by atoms with Gasteiger partial charge in [-0.1, -0.05) is 13.8 Å². The number of carboxylic acids is 1. The molecule has 0 radical (unpaired) electrons. The number of aryl methyl sites for hydroxylation is 1. The molecule has 0 unspecified atom stereocenters. The van der Waals surface area contributed by atoms with Crippen LogP contribution < -0.4 is 0 Å². The van der Waals surface area contributed by atoms with Crippen molar-refractivity contribution in [1.82, 2.24) is 9.78 Å². The summed E-state index contributed by atoms with van der Waals surface area (Å²) in [6.45, 7) is 4.17. The van der Waals surface area contributed by atoms with E-state index in [0.717, 1.165) is 5.69 Å². The minimum Gasteiger partial charge on any atom is -0.478 e. The Bertz CT molecular complexity index is 334. The highest BCUT2D eigenvalue weighted by Gasteiger charge is 2.14. The van der Waals surface area contributed by atoms with Crippen LogP contribution in [0.15, 0.2) is 6.20 Å². The molecule has 0 saturated heterocycles. The molecule has 0 aliphatic carbocycles. The van der Waals surface area contributed by atoms with Crippen LogP contribution in [0.4, 0.5) is 0 Å². The average molecular weight is 214 g/mol. The van der Waals surface area contributed by atoms with Crippen LogP contribution in [-0.2, 0) is 12.8 Å². The summed E-state index contributed by atoms with van der Waals surface area (Å²) < 4.78 is 1.62. The lowest BCUT2D eigenvalue weighted by molar-refractivity contribution is 0.0696. The van der Waals surface area contributed by atoms with E-state index in [4.69, 9.17) is 5.11 Å². The topological polar surface area (TPSA) is 55.1 Å². The van der Waals surface area contributed by atoms with E-state index >= 15 is 0 Å². The highest BCUT2D eigenvalue weighted by molar-refractivity contribution is 7.99. The first-order valence-electron chi connectivity index (χ1n) is 4.38. The van der Waals surface area contributed by atoms with Crippen molar-refractivity contribution in [2.75, 3.05) is 0 Å².